The summed E-state index contributed by atoms with van der Waals surface area (Å²) < 4.78 is 11.3. The van der Waals surface area contributed by atoms with E-state index in [9.17, 15) is 9.59 Å². The number of rotatable bonds is 6. The maximum atomic E-state index is 14.0. The molecule has 0 saturated heterocycles. The van der Waals surface area contributed by atoms with E-state index in [2.05, 4.69) is 17.0 Å². The number of anilines is 2. The van der Waals surface area contributed by atoms with Crippen molar-refractivity contribution in [1.29, 1.82) is 0 Å². The van der Waals surface area contributed by atoms with Crippen LogP contribution in [0.15, 0.2) is 66.7 Å². The normalized spacial score (nSPS) is 16.0. The van der Waals surface area contributed by atoms with Crippen molar-refractivity contribution >= 4 is 34.5 Å². The Morgan fingerprint density at radius 3 is 2.76 bits per heavy atom. The van der Waals surface area contributed by atoms with Gasteiger partial charge in [0.15, 0.2) is 5.78 Å². The number of pyridine rings is 1. The maximum Gasteiger partial charge on any atom is 0.276 e. The molecule has 0 unspecified atom stereocenters. The third-order valence-corrected chi connectivity index (χ3v) is 9.33. The zero-order valence-corrected chi connectivity index (χ0v) is 23.8. The van der Waals surface area contributed by atoms with E-state index in [1.165, 1.54) is 12.8 Å². The predicted molar refractivity (Wildman–Crippen MR) is 161 cm³/mol. The Morgan fingerprint density at radius 1 is 1.02 bits per heavy atom. The molecule has 1 amide bonds. The number of Topliss-reactive ketones (excluding diaryl/α,β-unsaturated/α-hetero) is 1. The SMILES string of the molecule is COc1ccc2c(c1)OCCN(c1cccc(C(=O)N3CCc4cc(C(=O)CC5CC5)sc4-c4ccccc43)n1)C2. The number of benzene rings is 2. The molecule has 0 spiro atoms. The highest BCUT2D eigenvalue weighted by Crippen LogP contribution is 2.43. The van der Waals surface area contributed by atoms with E-state index in [1.54, 1.807) is 24.5 Å². The molecule has 1 aliphatic carbocycles. The number of amides is 1. The van der Waals surface area contributed by atoms with Gasteiger partial charge in [-0.1, -0.05) is 24.3 Å². The van der Waals surface area contributed by atoms with Crippen LogP contribution < -0.4 is 19.3 Å². The molecule has 0 atom stereocenters. The second-order valence-electron chi connectivity index (χ2n) is 10.9. The zero-order chi connectivity index (χ0) is 27.9. The maximum absolute atomic E-state index is 14.0. The molecule has 8 heteroatoms. The summed E-state index contributed by atoms with van der Waals surface area (Å²) in [6, 6.07) is 21.6. The van der Waals surface area contributed by atoms with Gasteiger partial charge in [-0.05, 0) is 67.1 Å². The Bertz CT molecular complexity index is 1640. The number of hydrogen-bond acceptors (Lipinski definition) is 7. The van der Waals surface area contributed by atoms with Gasteiger partial charge in [-0.3, -0.25) is 9.59 Å². The van der Waals surface area contributed by atoms with Gasteiger partial charge >= 0.3 is 0 Å². The number of methoxy groups -OCH3 is 1. The third kappa shape index (κ3) is 5.08. The Hall–Kier alpha value is -4.17. The first-order valence-corrected chi connectivity index (χ1v) is 15.0. The molecular weight excluding hydrogens is 534 g/mol. The van der Waals surface area contributed by atoms with Gasteiger partial charge in [0.25, 0.3) is 5.91 Å². The van der Waals surface area contributed by atoms with Crippen molar-refractivity contribution in [3.63, 3.8) is 0 Å². The molecule has 2 aromatic carbocycles. The van der Waals surface area contributed by atoms with E-state index in [4.69, 9.17) is 14.5 Å². The zero-order valence-electron chi connectivity index (χ0n) is 23.0. The number of carbonyl (C=O) groups is 2. The van der Waals surface area contributed by atoms with Crippen LogP contribution in [-0.4, -0.2) is 43.5 Å². The number of ether oxygens (including phenoxy) is 2. The molecule has 41 heavy (non-hydrogen) atoms. The molecule has 4 heterocycles. The van der Waals surface area contributed by atoms with E-state index in [1.807, 2.05) is 53.4 Å². The molecule has 0 bridgehead atoms. The first kappa shape index (κ1) is 25.8. The number of carbonyl (C=O) groups excluding carboxylic acids is 2. The minimum absolute atomic E-state index is 0.129. The highest BCUT2D eigenvalue weighted by molar-refractivity contribution is 7.17. The lowest BCUT2D eigenvalue weighted by molar-refractivity contribution is 0.0972. The summed E-state index contributed by atoms with van der Waals surface area (Å²) in [4.78, 5) is 37.6. The quantitative estimate of drug-likeness (QED) is 0.252. The van der Waals surface area contributed by atoms with Crippen molar-refractivity contribution in [2.24, 2.45) is 5.92 Å². The first-order valence-electron chi connectivity index (χ1n) is 14.2. The molecule has 208 valence electrons. The summed E-state index contributed by atoms with van der Waals surface area (Å²) in [5, 5.41) is 0. The average Bonchev–Trinajstić information content (AvgIpc) is 3.78. The fraction of sp³-hybridized carbons (Fsp3) is 0.303. The van der Waals surface area contributed by atoms with Gasteiger partial charge < -0.3 is 19.3 Å². The standard InChI is InChI=1S/C33H31N3O4S/c1-39-24-12-11-23-20-35(15-16-40-29(23)19-24)31-8-4-6-26(34-31)33(38)36-14-13-22-18-30(28(37)17-21-9-10-21)41-32(22)25-5-2-3-7-27(25)36/h2-8,11-12,18-19,21H,9-10,13-17,20H2,1H3. The average molecular weight is 566 g/mol. The number of nitrogens with zero attached hydrogens (tertiary/aromatic N) is 3. The minimum Gasteiger partial charge on any atom is -0.497 e. The van der Waals surface area contributed by atoms with Gasteiger partial charge in [-0.2, -0.15) is 0 Å². The van der Waals surface area contributed by atoms with Gasteiger partial charge in [0, 0.05) is 41.6 Å². The summed E-state index contributed by atoms with van der Waals surface area (Å²) in [6.45, 7) is 2.30. The number of fused-ring (bicyclic) bond motifs is 4. The monoisotopic (exact) mass is 565 g/mol. The molecule has 4 aromatic rings. The Balaban J connectivity index is 1.16. The summed E-state index contributed by atoms with van der Waals surface area (Å²) in [5.41, 5.74) is 4.44. The highest BCUT2D eigenvalue weighted by Gasteiger charge is 2.30. The van der Waals surface area contributed by atoms with Crippen LogP contribution in [-0.2, 0) is 13.0 Å². The summed E-state index contributed by atoms with van der Waals surface area (Å²) in [7, 11) is 1.65. The number of para-hydroxylation sites is 1. The Morgan fingerprint density at radius 2 is 1.90 bits per heavy atom. The van der Waals surface area contributed by atoms with E-state index in [0.29, 0.717) is 50.7 Å². The largest absolute Gasteiger partial charge is 0.497 e. The molecule has 7 rings (SSSR count). The molecule has 0 N–H and O–H groups in total. The van der Waals surface area contributed by atoms with Crippen molar-refractivity contribution in [3.05, 3.63) is 88.4 Å². The Kier molecular flexibility index (Phi) is 6.71. The molecular formula is C33H31N3O4S. The summed E-state index contributed by atoms with van der Waals surface area (Å²) in [6.07, 6.45) is 3.67. The number of thiophene rings is 1. The van der Waals surface area contributed by atoms with E-state index < -0.39 is 0 Å². The lowest BCUT2D eigenvalue weighted by Gasteiger charge is -2.24. The van der Waals surface area contributed by atoms with Crippen LogP contribution in [0.2, 0.25) is 0 Å². The molecule has 2 aromatic heterocycles. The molecule has 2 aliphatic heterocycles. The predicted octanol–water partition coefficient (Wildman–Crippen LogP) is 6.40. The van der Waals surface area contributed by atoms with E-state index in [0.717, 1.165) is 49.4 Å². The van der Waals surface area contributed by atoms with Crippen molar-refractivity contribution in [2.45, 2.75) is 32.2 Å². The van der Waals surface area contributed by atoms with Crippen LogP contribution in [0.1, 0.15) is 50.5 Å². The van der Waals surface area contributed by atoms with Crippen LogP contribution in [0, 0.1) is 5.92 Å². The van der Waals surface area contributed by atoms with Crippen molar-refractivity contribution in [3.8, 4) is 21.9 Å². The van der Waals surface area contributed by atoms with Crippen molar-refractivity contribution in [1.82, 2.24) is 4.98 Å². The van der Waals surface area contributed by atoms with Crippen LogP contribution in [0.5, 0.6) is 11.5 Å². The van der Waals surface area contributed by atoms with Crippen molar-refractivity contribution in [2.75, 3.05) is 36.6 Å². The van der Waals surface area contributed by atoms with Gasteiger partial charge in [0.1, 0.15) is 29.6 Å². The molecule has 7 nitrogen and oxygen atoms in total. The van der Waals surface area contributed by atoms with Gasteiger partial charge in [-0.15, -0.1) is 11.3 Å². The van der Waals surface area contributed by atoms with Crippen LogP contribution >= 0.6 is 11.3 Å². The molecule has 1 saturated carbocycles. The number of aromatic nitrogens is 1. The topological polar surface area (TPSA) is 72.0 Å². The Labute approximate surface area is 243 Å². The van der Waals surface area contributed by atoms with Gasteiger partial charge in [-0.25, -0.2) is 4.98 Å². The van der Waals surface area contributed by atoms with Gasteiger partial charge in [0.2, 0.25) is 0 Å². The number of hydrogen-bond donors (Lipinski definition) is 0. The number of ketones is 1. The molecule has 0 radical (unpaired) electrons. The smallest absolute Gasteiger partial charge is 0.276 e. The lowest BCUT2D eigenvalue weighted by Crippen LogP contribution is -2.34. The fourth-order valence-electron chi connectivity index (χ4n) is 5.66. The summed E-state index contributed by atoms with van der Waals surface area (Å²) >= 11 is 1.57. The van der Waals surface area contributed by atoms with E-state index >= 15 is 0 Å². The van der Waals surface area contributed by atoms with E-state index in [-0.39, 0.29) is 11.7 Å². The van der Waals surface area contributed by atoms with Crippen LogP contribution in [0.25, 0.3) is 10.4 Å². The second-order valence-corrected chi connectivity index (χ2v) is 11.9. The minimum atomic E-state index is -0.129. The lowest BCUT2D eigenvalue weighted by atomic mass is 10.1. The molecule has 3 aliphatic rings. The second kappa shape index (κ2) is 10.7. The van der Waals surface area contributed by atoms with Crippen molar-refractivity contribution < 1.29 is 19.1 Å². The fourth-order valence-corrected chi connectivity index (χ4v) is 6.85. The third-order valence-electron chi connectivity index (χ3n) is 8.08. The molecule has 1 fully saturated rings. The van der Waals surface area contributed by atoms with Crippen LogP contribution in [0.4, 0.5) is 11.5 Å². The first-order chi connectivity index (χ1) is 20.1. The van der Waals surface area contributed by atoms with Gasteiger partial charge in [0.05, 0.1) is 24.2 Å². The summed E-state index contributed by atoms with van der Waals surface area (Å²) in [5.74, 6) is 2.99. The van der Waals surface area contributed by atoms with Crippen LogP contribution in [0.3, 0.4) is 0 Å². The highest BCUT2D eigenvalue weighted by atomic mass is 32.1.